The zero-order valence-corrected chi connectivity index (χ0v) is 10.8. The highest BCUT2D eigenvalue weighted by atomic mass is 127. The Kier molecular flexibility index (Phi) is 4.68. The van der Waals surface area contributed by atoms with Gasteiger partial charge < -0.3 is 5.32 Å². The van der Waals surface area contributed by atoms with Gasteiger partial charge in [-0.2, -0.15) is 5.26 Å². The van der Waals surface area contributed by atoms with Crippen LogP contribution in [0, 0.1) is 26.6 Å². The summed E-state index contributed by atoms with van der Waals surface area (Å²) in [5.74, 6) is -1.31. The van der Waals surface area contributed by atoms with E-state index < -0.39 is 11.7 Å². The van der Waals surface area contributed by atoms with Gasteiger partial charge in [-0.25, -0.2) is 4.39 Å². The predicted molar refractivity (Wildman–Crippen MR) is 66.2 cm³/mol. The summed E-state index contributed by atoms with van der Waals surface area (Å²) in [7, 11) is 0. The van der Waals surface area contributed by atoms with Crippen LogP contribution < -0.4 is 5.32 Å². The zero-order valence-electron chi connectivity index (χ0n) is 8.63. The number of rotatable bonds is 3. The van der Waals surface area contributed by atoms with Crippen LogP contribution >= 0.6 is 22.6 Å². The van der Waals surface area contributed by atoms with Crippen molar-refractivity contribution in [2.45, 2.75) is 6.92 Å². The molecular formula is C11H10FIN2O. The standard InChI is InChI=1S/C11H10FIN2O/c1-7(5-14)6-15-11(16)10-8(12)3-2-4-9(10)13/h2-4,7H,6H2,1H3,(H,15,16). The van der Waals surface area contributed by atoms with Crippen molar-refractivity contribution in [1.82, 2.24) is 5.32 Å². The van der Waals surface area contributed by atoms with Gasteiger partial charge in [-0.05, 0) is 41.6 Å². The molecule has 0 aliphatic rings. The van der Waals surface area contributed by atoms with E-state index in [2.05, 4.69) is 5.32 Å². The minimum Gasteiger partial charge on any atom is -0.351 e. The lowest BCUT2D eigenvalue weighted by atomic mass is 10.1. The molecule has 0 aliphatic heterocycles. The number of nitriles is 1. The molecule has 1 aromatic carbocycles. The first-order valence-corrected chi connectivity index (χ1v) is 5.76. The first-order valence-electron chi connectivity index (χ1n) is 4.68. The molecule has 1 aromatic rings. The summed E-state index contributed by atoms with van der Waals surface area (Å²) >= 11 is 1.90. The highest BCUT2D eigenvalue weighted by molar-refractivity contribution is 14.1. The van der Waals surface area contributed by atoms with E-state index in [0.717, 1.165) is 0 Å². The van der Waals surface area contributed by atoms with Gasteiger partial charge in [0, 0.05) is 10.1 Å². The highest BCUT2D eigenvalue weighted by Crippen LogP contribution is 2.15. The van der Waals surface area contributed by atoms with Crippen molar-refractivity contribution < 1.29 is 9.18 Å². The molecule has 1 N–H and O–H groups in total. The summed E-state index contributed by atoms with van der Waals surface area (Å²) in [6.45, 7) is 1.91. The topological polar surface area (TPSA) is 52.9 Å². The lowest BCUT2D eigenvalue weighted by Gasteiger charge is -2.08. The Hall–Kier alpha value is -1.16. The Morgan fingerprint density at radius 2 is 2.38 bits per heavy atom. The van der Waals surface area contributed by atoms with E-state index in [-0.39, 0.29) is 18.0 Å². The summed E-state index contributed by atoms with van der Waals surface area (Å²) in [6, 6.07) is 6.44. The second kappa shape index (κ2) is 5.80. The first kappa shape index (κ1) is 12.9. The van der Waals surface area contributed by atoms with Crippen LogP contribution in [0.3, 0.4) is 0 Å². The Morgan fingerprint density at radius 1 is 1.69 bits per heavy atom. The van der Waals surface area contributed by atoms with Gasteiger partial charge in [-0.3, -0.25) is 4.79 Å². The summed E-state index contributed by atoms with van der Waals surface area (Å²) in [4.78, 5) is 11.6. The molecule has 84 valence electrons. The minimum absolute atomic E-state index is 0.0354. The Labute approximate surface area is 107 Å². The lowest BCUT2D eigenvalue weighted by molar-refractivity contribution is 0.0946. The normalized spacial score (nSPS) is 11.6. The summed E-state index contributed by atoms with van der Waals surface area (Å²) in [5.41, 5.74) is 0.0354. The third kappa shape index (κ3) is 3.17. The van der Waals surface area contributed by atoms with E-state index in [0.29, 0.717) is 3.57 Å². The summed E-state index contributed by atoms with van der Waals surface area (Å²) in [5, 5.41) is 11.1. The van der Waals surface area contributed by atoms with E-state index >= 15 is 0 Å². The van der Waals surface area contributed by atoms with Gasteiger partial charge in [0.05, 0.1) is 17.6 Å². The third-order valence-corrected chi connectivity index (χ3v) is 2.88. The zero-order chi connectivity index (χ0) is 12.1. The van der Waals surface area contributed by atoms with Crippen LogP contribution in [-0.2, 0) is 0 Å². The molecule has 1 rings (SSSR count). The van der Waals surface area contributed by atoms with Crippen LogP contribution in [0.1, 0.15) is 17.3 Å². The fourth-order valence-corrected chi connectivity index (χ4v) is 1.80. The van der Waals surface area contributed by atoms with Gasteiger partial charge in [0.1, 0.15) is 5.82 Å². The maximum atomic E-state index is 13.4. The van der Waals surface area contributed by atoms with Crippen LogP contribution in [0.15, 0.2) is 18.2 Å². The predicted octanol–water partition coefficient (Wildman–Crippen LogP) is 2.32. The van der Waals surface area contributed by atoms with E-state index in [9.17, 15) is 9.18 Å². The number of nitrogens with zero attached hydrogens (tertiary/aromatic N) is 1. The Morgan fingerprint density at radius 3 is 2.94 bits per heavy atom. The van der Waals surface area contributed by atoms with Gasteiger partial charge in [0.15, 0.2) is 0 Å². The van der Waals surface area contributed by atoms with Crippen LogP contribution in [0.2, 0.25) is 0 Å². The molecule has 0 heterocycles. The van der Waals surface area contributed by atoms with Crippen molar-refractivity contribution in [3.63, 3.8) is 0 Å². The second-order valence-electron chi connectivity index (χ2n) is 3.34. The molecule has 0 aromatic heterocycles. The van der Waals surface area contributed by atoms with E-state index in [1.807, 2.05) is 28.7 Å². The van der Waals surface area contributed by atoms with Crippen LogP contribution in [0.5, 0.6) is 0 Å². The van der Waals surface area contributed by atoms with Gasteiger partial charge >= 0.3 is 0 Å². The fraction of sp³-hybridized carbons (Fsp3) is 0.273. The smallest absolute Gasteiger partial charge is 0.255 e. The number of halogens is 2. The Balaban J connectivity index is 2.78. The van der Waals surface area contributed by atoms with E-state index in [4.69, 9.17) is 5.26 Å². The molecule has 5 heteroatoms. The van der Waals surface area contributed by atoms with Gasteiger partial charge in [0.25, 0.3) is 5.91 Å². The molecule has 0 aliphatic carbocycles. The quantitative estimate of drug-likeness (QED) is 0.864. The highest BCUT2D eigenvalue weighted by Gasteiger charge is 2.15. The number of carbonyl (C=O) groups excluding carboxylic acids is 1. The van der Waals surface area contributed by atoms with Crippen LogP contribution in [-0.4, -0.2) is 12.5 Å². The van der Waals surface area contributed by atoms with Crippen LogP contribution in [0.4, 0.5) is 4.39 Å². The number of hydrogen-bond donors (Lipinski definition) is 1. The molecule has 1 unspecified atom stereocenters. The van der Waals surface area contributed by atoms with E-state index in [1.54, 1.807) is 19.1 Å². The van der Waals surface area contributed by atoms with Crippen molar-refractivity contribution in [2.75, 3.05) is 6.54 Å². The van der Waals surface area contributed by atoms with Gasteiger partial charge in [-0.15, -0.1) is 0 Å². The SMILES string of the molecule is CC(C#N)CNC(=O)c1c(F)cccc1I. The largest absolute Gasteiger partial charge is 0.351 e. The van der Waals surface area contributed by atoms with Crippen molar-refractivity contribution in [1.29, 1.82) is 5.26 Å². The number of carbonyl (C=O) groups is 1. The second-order valence-corrected chi connectivity index (χ2v) is 4.50. The molecule has 0 radical (unpaired) electrons. The Bertz CT molecular complexity index is 422. The summed E-state index contributed by atoms with van der Waals surface area (Å²) < 4.78 is 13.9. The number of hydrogen-bond acceptors (Lipinski definition) is 2. The van der Waals surface area contributed by atoms with Crippen molar-refractivity contribution in [3.8, 4) is 6.07 Å². The van der Waals surface area contributed by atoms with Crippen molar-refractivity contribution in [3.05, 3.63) is 33.1 Å². The number of nitrogens with one attached hydrogen (secondary N) is 1. The maximum absolute atomic E-state index is 13.4. The minimum atomic E-state index is -0.547. The molecule has 0 bridgehead atoms. The molecular weight excluding hydrogens is 322 g/mol. The number of benzene rings is 1. The van der Waals surface area contributed by atoms with Crippen molar-refractivity contribution in [2.24, 2.45) is 5.92 Å². The molecule has 1 amide bonds. The first-order chi connectivity index (χ1) is 7.56. The number of amides is 1. The molecule has 0 spiro atoms. The van der Waals surface area contributed by atoms with Gasteiger partial charge in [-0.1, -0.05) is 6.07 Å². The van der Waals surface area contributed by atoms with E-state index in [1.165, 1.54) is 6.07 Å². The lowest BCUT2D eigenvalue weighted by Crippen LogP contribution is -2.29. The van der Waals surface area contributed by atoms with Crippen LogP contribution in [0.25, 0.3) is 0 Å². The average Bonchev–Trinajstić information content (AvgIpc) is 2.25. The third-order valence-electron chi connectivity index (χ3n) is 1.98. The molecule has 3 nitrogen and oxygen atoms in total. The molecule has 0 saturated heterocycles. The summed E-state index contributed by atoms with van der Waals surface area (Å²) in [6.07, 6.45) is 0. The fourth-order valence-electron chi connectivity index (χ4n) is 1.09. The molecule has 0 saturated carbocycles. The van der Waals surface area contributed by atoms with Gasteiger partial charge in [0.2, 0.25) is 0 Å². The molecule has 0 fully saturated rings. The average molecular weight is 332 g/mol. The van der Waals surface area contributed by atoms with Crippen molar-refractivity contribution >= 4 is 28.5 Å². The molecule has 16 heavy (non-hydrogen) atoms. The maximum Gasteiger partial charge on any atom is 0.255 e. The molecule has 1 atom stereocenters. The monoisotopic (exact) mass is 332 g/mol.